The third-order valence-electron chi connectivity index (χ3n) is 3.90. The second kappa shape index (κ2) is 5.37. The summed E-state index contributed by atoms with van der Waals surface area (Å²) in [4.78, 5) is 12.6. The summed E-state index contributed by atoms with van der Waals surface area (Å²) in [6, 6.07) is 9.29. The van der Waals surface area contributed by atoms with Gasteiger partial charge in [0, 0.05) is 6.54 Å². The fourth-order valence-corrected chi connectivity index (χ4v) is 2.77. The van der Waals surface area contributed by atoms with E-state index in [1.165, 1.54) is 13.0 Å². The molecule has 4 heteroatoms. The average Bonchev–Trinajstić information content (AvgIpc) is 2.50. The normalized spacial score (nSPS) is 17.4. The van der Waals surface area contributed by atoms with Crippen LogP contribution in [0.15, 0.2) is 36.4 Å². The molecule has 1 N–H and O–H groups in total. The molecule has 1 heterocycles. The molecule has 1 atom stereocenters. The van der Waals surface area contributed by atoms with Crippen LogP contribution in [0.2, 0.25) is 0 Å². The van der Waals surface area contributed by atoms with Gasteiger partial charge in [-0.1, -0.05) is 30.3 Å². The molecule has 2 nitrogen and oxygen atoms in total. The van der Waals surface area contributed by atoms with Gasteiger partial charge in [-0.2, -0.15) is 0 Å². The molecule has 0 saturated heterocycles. The molecular formula is C17H15F2NO. The van der Waals surface area contributed by atoms with Gasteiger partial charge in [-0.25, -0.2) is 8.78 Å². The maximum absolute atomic E-state index is 14.2. The van der Waals surface area contributed by atoms with Crippen LogP contribution < -0.4 is 5.32 Å². The predicted octanol–water partition coefficient (Wildman–Crippen LogP) is 3.34. The van der Waals surface area contributed by atoms with Gasteiger partial charge < -0.3 is 5.32 Å². The van der Waals surface area contributed by atoms with E-state index in [1.807, 2.05) is 24.3 Å². The molecule has 21 heavy (non-hydrogen) atoms. The molecule has 0 aliphatic carbocycles. The zero-order valence-electron chi connectivity index (χ0n) is 11.6. The van der Waals surface area contributed by atoms with E-state index in [9.17, 15) is 13.6 Å². The molecular weight excluding hydrogens is 272 g/mol. The Hall–Kier alpha value is -2.07. The number of nitrogens with one attached hydrogen (secondary N) is 1. The molecule has 3 rings (SSSR count). The summed E-state index contributed by atoms with van der Waals surface area (Å²) in [5.74, 6) is -2.14. The summed E-state index contributed by atoms with van der Waals surface area (Å²) in [6.45, 7) is 2.14. The standard InChI is InChI=1S/C17H15F2NO/c1-10-6-7-13(18)14(15(10)19)17(21)16-12-5-3-2-4-11(12)8-9-20-16/h2-7,16,20H,8-9H2,1H3. The molecule has 0 fully saturated rings. The summed E-state index contributed by atoms with van der Waals surface area (Å²) in [6.07, 6.45) is 0.804. The molecule has 1 aliphatic rings. The van der Waals surface area contributed by atoms with Crippen molar-refractivity contribution in [3.8, 4) is 0 Å². The summed E-state index contributed by atoms with van der Waals surface area (Å²) >= 11 is 0. The fraction of sp³-hybridized carbons (Fsp3) is 0.235. The first kappa shape index (κ1) is 13.9. The molecule has 0 radical (unpaired) electrons. The number of halogens is 2. The van der Waals surface area contributed by atoms with Crippen LogP contribution in [0.25, 0.3) is 0 Å². The van der Waals surface area contributed by atoms with Crippen LogP contribution in [0.5, 0.6) is 0 Å². The number of benzene rings is 2. The van der Waals surface area contributed by atoms with Crippen LogP contribution in [0, 0.1) is 18.6 Å². The first-order chi connectivity index (χ1) is 10.1. The van der Waals surface area contributed by atoms with Gasteiger partial charge in [0.1, 0.15) is 11.6 Å². The second-order valence-corrected chi connectivity index (χ2v) is 5.25. The van der Waals surface area contributed by atoms with Crippen LogP contribution in [0.1, 0.15) is 33.1 Å². The molecule has 2 aromatic carbocycles. The Morgan fingerprint density at radius 1 is 1.19 bits per heavy atom. The lowest BCUT2D eigenvalue weighted by Crippen LogP contribution is -2.36. The molecule has 0 bridgehead atoms. The third kappa shape index (κ3) is 2.36. The van der Waals surface area contributed by atoms with Crippen molar-refractivity contribution in [1.29, 1.82) is 0 Å². The van der Waals surface area contributed by atoms with Crippen LogP contribution in [-0.4, -0.2) is 12.3 Å². The number of Topliss-reactive ketones (excluding diaryl/α,β-unsaturated/α-hetero) is 1. The lowest BCUT2D eigenvalue weighted by atomic mass is 9.89. The van der Waals surface area contributed by atoms with E-state index < -0.39 is 29.0 Å². The van der Waals surface area contributed by atoms with Gasteiger partial charge in [0.05, 0.1) is 11.6 Å². The Labute approximate surface area is 121 Å². The van der Waals surface area contributed by atoms with Gasteiger partial charge >= 0.3 is 0 Å². The highest BCUT2D eigenvalue weighted by molar-refractivity contribution is 6.01. The summed E-state index contributed by atoms with van der Waals surface area (Å²) in [5, 5.41) is 3.06. The van der Waals surface area contributed by atoms with Crippen molar-refractivity contribution in [3.63, 3.8) is 0 Å². The van der Waals surface area contributed by atoms with Crippen molar-refractivity contribution in [2.24, 2.45) is 0 Å². The number of aryl methyl sites for hydroxylation is 1. The van der Waals surface area contributed by atoms with E-state index >= 15 is 0 Å². The lowest BCUT2D eigenvalue weighted by molar-refractivity contribution is 0.0931. The Balaban J connectivity index is 2.07. The van der Waals surface area contributed by atoms with Crippen LogP contribution in [-0.2, 0) is 6.42 Å². The van der Waals surface area contributed by atoms with Crippen molar-refractivity contribution < 1.29 is 13.6 Å². The Kier molecular flexibility index (Phi) is 3.55. The maximum atomic E-state index is 14.2. The van der Waals surface area contributed by atoms with E-state index in [4.69, 9.17) is 0 Å². The van der Waals surface area contributed by atoms with Crippen molar-refractivity contribution in [3.05, 3.63) is 70.3 Å². The maximum Gasteiger partial charge on any atom is 0.190 e. The lowest BCUT2D eigenvalue weighted by Gasteiger charge is -2.26. The second-order valence-electron chi connectivity index (χ2n) is 5.25. The van der Waals surface area contributed by atoms with Gasteiger partial charge in [-0.05, 0) is 36.1 Å². The molecule has 1 unspecified atom stereocenters. The van der Waals surface area contributed by atoms with Gasteiger partial charge in [-0.3, -0.25) is 4.79 Å². The van der Waals surface area contributed by atoms with Crippen LogP contribution in [0.3, 0.4) is 0 Å². The van der Waals surface area contributed by atoms with Gasteiger partial charge in [0.25, 0.3) is 0 Å². The largest absolute Gasteiger partial charge is 0.303 e. The molecule has 0 aromatic heterocycles. The topological polar surface area (TPSA) is 29.1 Å². The van der Waals surface area contributed by atoms with Crippen molar-refractivity contribution in [1.82, 2.24) is 5.32 Å². The van der Waals surface area contributed by atoms with E-state index in [2.05, 4.69) is 5.32 Å². The van der Waals surface area contributed by atoms with E-state index in [-0.39, 0.29) is 5.56 Å². The van der Waals surface area contributed by atoms with Gasteiger partial charge in [0.15, 0.2) is 5.78 Å². The summed E-state index contributed by atoms with van der Waals surface area (Å²) in [7, 11) is 0. The van der Waals surface area contributed by atoms with E-state index in [0.29, 0.717) is 6.54 Å². The fourth-order valence-electron chi connectivity index (χ4n) is 2.77. The number of ketones is 1. The predicted molar refractivity (Wildman–Crippen MR) is 76.3 cm³/mol. The number of carbonyl (C=O) groups excluding carboxylic acids is 1. The SMILES string of the molecule is Cc1ccc(F)c(C(=O)C2NCCc3ccccc32)c1F. The average molecular weight is 287 g/mol. The van der Waals surface area contributed by atoms with Crippen LogP contribution >= 0.6 is 0 Å². The highest BCUT2D eigenvalue weighted by Crippen LogP contribution is 2.28. The van der Waals surface area contributed by atoms with E-state index in [1.54, 1.807) is 0 Å². The van der Waals surface area contributed by atoms with Crippen LogP contribution in [0.4, 0.5) is 8.78 Å². The molecule has 0 spiro atoms. The van der Waals surface area contributed by atoms with Crippen molar-refractivity contribution >= 4 is 5.78 Å². The van der Waals surface area contributed by atoms with Gasteiger partial charge in [-0.15, -0.1) is 0 Å². The number of rotatable bonds is 2. The zero-order chi connectivity index (χ0) is 15.0. The zero-order valence-corrected chi connectivity index (χ0v) is 11.6. The molecule has 0 saturated carbocycles. The van der Waals surface area contributed by atoms with E-state index in [0.717, 1.165) is 23.6 Å². The molecule has 2 aromatic rings. The Morgan fingerprint density at radius 2 is 1.95 bits per heavy atom. The molecule has 1 aliphatic heterocycles. The first-order valence-corrected chi connectivity index (χ1v) is 6.89. The molecule has 0 amide bonds. The third-order valence-corrected chi connectivity index (χ3v) is 3.90. The van der Waals surface area contributed by atoms with Gasteiger partial charge in [0.2, 0.25) is 0 Å². The minimum atomic E-state index is -0.812. The number of fused-ring (bicyclic) bond motifs is 1. The Bertz CT molecular complexity index is 712. The summed E-state index contributed by atoms with van der Waals surface area (Å²) < 4.78 is 28.1. The number of hydrogen-bond acceptors (Lipinski definition) is 2. The molecule has 108 valence electrons. The quantitative estimate of drug-likeness (QED) is 0.858. The smallest absolute Gasteiger partial charge is 0.190 e. The monoisotopic (exact) mass is 287 g/mol. The minimum Gasteiger partial charge on any atom is -0.303 e. The highest BCUT2D eigenvalue weighted by Gasteiger charge is 2.30. The first-order valence-electron chi connectivity index (χ1n) is 6.89. The highest BCUT2D eigenvalue weighted by atomic mass is 19.1. The number of carbonyl (C=O) groups is 1. The van der Waals surface area contributed by atoms with Crippen molar-refractivity contribution in [2.45, 2.75) is 19.4 Å². The number of hydrogen-bond donors (Lipinski definition) is 1. The minimum absolute atomic E-state index is 0.267. The Morgan fingerprint density at radius 3 is 2.76 bits per heavy atom. The summed E-state index contributed by atoms with van der Waals surface area (Å²) in [5.41, 5.74) is 1.66. The van der Waals surface area contributed by atoms with Crippen molar-refractivity contribution in [2.75, 3.05) is 6.54 Å².